The Kier molecular flexibility index (Phi) is 2.72. The van der Waals surface area contributed by atoms with Gasteiger partial charge >= 0.3 is 0 Å². The molecular weight excluding hydrogens is 273 g/mol. The molecule has 0 unspecified atom stereocenters. The van der Waals surface area contributed by atoms with Crippen LogP contribution in [0.3, 0.4) is 0 Å². The summed E-state index contributed by atoms with van der Waals surface area (Å²) in [7, 11) is 0. The molecule has 2 aromatic heterocycles. The van der Waals surface area contributed by atoms with Gasteiger partial charge in [-0.3, -0.25) is 0 Å². The maximum absolute atomic E-state index is 13.7. The average molecular weight is 280 g/mol. The van der Waals surface area contributed by atoms with Crippen LogP contribution in [0.2, 0.25) is 5.15 Å². The van der Waals surface area contributed by atoms with Crippen LogP contribution in [0.5, 0.6) is 0 Å². The van der Waals surface area contributed by atoms with E-state index < -0.39 is 0 Å². The molecule has 0 fully saturated rings. The quantitative estimate of drug-likeness (QED) is 0.546. The number of aromatic nitrogens is 3. The van der Waals surface area contributed by atoms with Crippen molar-refractivity contribution in [2.24, 2.45) is 0 Å². The lowest BCUT2D eigenvalue weighted by Crippen LogP contribution is -1.95. The molecule has 0 aliphatic carbocycles. The van der Waals surface area contributed by atoms with Crippen molar-refractivity contribution in [1.82, 2.24) is 14.6 Å². The van der Waals surface area contributed by atoms with Crippen molar-refractivity contribution in [2.75, 3.05) is 0 Å². The van der Waals surface area contributed by atoms with E-state index in [1.165, 1.54) is 10.6 Å². The van der Waals surface area contributed by atoms with Crippen LogP contribution in [-0.4, -0.2) is 14.6 Å². The van der Waals surface area contributed by atoms with Crippen molar-refractivity contribution in [2.45, 2.75) is 4.90 Å². The summed E-state index contributed by atoms with van der Waals surface area (Å²) in [6, 6.07) is 7.98. The molecule has 3 aromatic rings. The van der Waals surface area contributed by atoms with Crippen LogP contribution >= 0.6 is 24.2 Å². The number of hydrogen-bond donors (Lipinski definition) is 1. The van der Waals surface area contributed by atoms with Crippen molar-refractivity contribution in [3.63, 3.8) is 0 Å². The number of thiol groups is 1. The van der Waals surface area contributed by atoms with Crippen molar-refractivity contribution < 1.29 is 4.39 Å². The lowest BCUT2D eigenvalue weighted by molar-refractivity contribution is 0.630. The van der Waals surface area contributed by atoms with Crippen molar-refractivity contribution >= 4 is 29.9 Å². The van der Waals surface area contributed by atoms with Crippen molar-refractivity contribution in [1.29, 1.82) is 0 Å². The molecule has 2 heterocycles. The fourth-order valence-electron chi connectivity index (χ4n) is 1.72. The number of rotatable bonds is 1. The second-order valence-corrected chi connectivity index (χ2v) is 4.58. The van der Waals surface area contributed by atoms with E-state index in [0.29, 0.717) is 27.0 Å². The van der Waals surface area contributed by atoms with Gasteiger partial charge in [0.25, 0.3) is 0 Å². The van der Waals surface area contributed by atoms with Crippen LogP contribution in [0.4, 0.5) is 4.39 Å². The molecule has 3 rings (SSSR count). The zero-order chi connectivity index (χ0) is 12.7. The lowest BCUT2D eigenvalue weighted by Gasteiger charge is -2.05. The summed E-state index contributed by atoms with van der Waals surface area (Å²) in [5, 5.41) is 4.39. The molecule has 6 heteroatoms. The minimum Gasteiger partial charge on any atom is -0.227 e. The standard InChI is InChI=1S/C12H7ClFN3S/c13-11-5-9(7-3-1-2-4-8(7)14)16-12-10(18)6-15-17(11)12/h1-6,18H. The third-order valence-electron chi connectivity index (χ3n) is 2.56. The summed E-state index contributed by atoms with van der Waals surface area (Å²) in [6.07, 6.45) is 1.54. The Morgan fingerprint density at radius 1 is 1.28 bits per heavy atom. The molecule has 90 valence electrons. The van der Waals surface area contributed by atoms with Crippen LogP contribution < -0.4 is 0 Å². The Hall–Kier alpha value is -1.59. The Morgan fingerprint density at radius 3 is 2.83 bits per heavy atom. The van der Waals surface area contributed by atoms with Crippen LogP contribution in [0.1, 0.15) is 0 Å². The van der Waals surface area contributed by atoms with Gasteiger partial charge < -0.3 is 0 Å². The van der Waals surface area contributed by atoms with E-state index in [1.807, 2.05) is 0 Å². The smallest absolute Gasteiger partial charge is 0.170 e. The summed E-state index contributed by atoms with van der Waals surface area (Å²) in [4.78, 5) is 4.92. The SMILES string of the molecule is Fc1ccccc1-c1cc(Cl)n2ncc(S)c2n1. The van der Waals surface area contributed by atoms with Crippen molar-refractivity contribution in [3.05, 3.63) is 47.5 Å². The molecule has 0 radical (unpaired) electrons. The molecule has 0 atom stereocenters. The third kappa shape index (κ3) is 1.76. The number of hydrogen-bond acceptors (Lipinski definition) is 3. The average Bonchev–Trinajstić information content (AvgIpc) is 2.72. The minimum atomic E-state index is -0.342. The van der Waals surface area contributed by atoms with Gasteiger partial charge in [0.05, 0.1) is 16.8 Å². The van der Waals surface area contributed by atoms with E-state index in [9.17, 15) is 4.39 Å². The van der Waals surface area contributed by atoms with E-state index in [1.54, 1.807) is 30.5 Å². The van der Waals surface area contributed by atoms with Crippen molar-refractivity contribution in [3.8, 4) is 11.3 Å². The monoisotopic (exact) mass is 279 g/mol. The van der Waals surface area contributed by atoms with Crippen LogP contribution in [-0.2, 0) is 0 Å². The zero-order valence-corrected chi connectivity index (χ0v) is 10.7. The molecule has 0 bridgehead atoms. The molecular formula is C12H7ClFN3S. The predicted molar refractivity (Wildman–Crippen MR) is 70.6 cm³/mol. The van der Waals surface area contributed by atoms with Gasteiger partial charge in [0.1, 0.15) is 11.0 Å². The maximum atomic E-state index is 13.7. The highest BCUT2D eigenvalue weighted by molar-refractivity contribution is 7.80. The minimum absolute atomic E-state index is 0.342. The maximum Gasteiger partial charge on any atom is 0.170 e. The fourth-order valence-corrected chi connectivity index (χ4v) is 2.14. The topological polar surface area (TPSA) is 30.2 Å². The third-order valence-corrected chi connectivity index (χ3v) is 3.14. The molecule has 0 saturated heterocycles. The first-order valence-corrected chi connectivity index (χ1v) is 5.97. The summed E-state index contributed by atoms with van der Waals surface area (Å²) >= 11 is 10.3. The van der Waals surface area contributed by atoms with Gasteiger partial charge in [-0.05, 0) is 12.1 Å². The van der Waals surface area contributed by atoms with Gasteiger partial charge in [0, 0.05) is 11.6 Å². The Morgan fingerprint density at radius 2 is 2.06 bits per heavy atom. The normalized spacial score (nSPS) is 11.1. The molecule has 18 heavy (non-hydrogen) atoms. The molecule has 0 amide bonds. The highest BCUT2D eigenvalue weighted by Crippen LogP contribution is 2.26. The highest BCUT2D eigenvalue weighted by Gasteiger charge is 2.11. The number of halogens is 2. The number of nitrogens with zero attached hydrogens (tertiary/aromatic N) is 3. The summed E-state index contributed by atoms with van der Waals surface area (Å²) < 4.78 is 15.2. The van der Waals surface area contributed by atoms with E-state index in [2.05, 4.69) is 22.7 Å². The molecule has 0 saturated carbocycles. The Labute approximate surface area is 113 Å². The zero-order valence-electron chi connectivity index (χ0n) is 9.01. The van der Waals surface area contributed by atoms with Crippen LogP contribution in [0.25, 0.3) is 16.9 Å². The molecule has 0 spiro atoms. The fraction of sp³-hybridized carbons (Fsp3) is 0. The second kappa shape index (κ2) is 4.26. The second-order valence-electron chi connectivity index (χ2n) is 3.71. The molecule has 0 aliphatic rings. The first-order chi connectivity index (χ1) is 8.66. The van der Waals surface area contributed by atoms with Gasteiger partial charge in [-0.25, -0.2) is 13.9 Å². The van der Waals surface area contributed by atoms with Gasteiger partial charge in [-0.1, -0.05) is 23.7 Å². The van der Waals surface area contributed by atoms with Gasteiger partial charge in [-0.15, -0.1) is 12.6 Å². The Balaban J connectivity index is 2.31. The van der Waals surface area contributed by atoms with E-state index >= 15 is 0 Å². The summed E-state index contributed by atoms with van der Waals surface area (Å²) in [5.74, 6) is -0.342. The predicted octanol–water partition coefficient (Wildman–Crippen LogP) is 3.48. The van der Waals surface area contributed by atoms with E-state index in [-0.39, 0.29) is 5.82 Å². The first kappa shape index (κ1) is 11.5. The first-order valence-electron chi connectivity index (χ1n) is 5.15. The molecule has 0 N–H and O–H groups in total. The van der Waals surface area contributed by atoms with E-state index in [0.717, 1.165) is 0 Å². The van der Waals surface area contributed by atoms with E-state index in [4.69, 9.17) is 11.6 Å². The molecule has 0 aliphatic heterocycles. The van der Waals surface area contributed by atoms with Gasteiger partial charge in [0.2, 0.25) is 0 Å². The van der Waals surface area contributed by atoms with Crippen LogP contribution in [0, 0.1) is 5.82 Å². The summed E-state index contributed by atoms with van der Waals surface area (Å²) in [5.41, 5.74) is 1.36. The Bertz CT molecular complexity index is 741. The highest BCUT2D eigenvalue weighted by atomic mass is 35.5. The summed E-state index contributed by atoms with van der Waals surface area (Å²) in [6.45, 7) is 0. The van der Waals surface area contributed by atoms with Gasteiger partial charge in [0.15, 0.2) is 5.65 Å². The molecule has 3 nitrogen and oxygen atoms in total. The lowest BCUT2D eigenvalue weighted by atomic mass is 10.1. The van der Waals surface area contributed by atoms with Gasteiger partial charge in [-0.2, -0.15) is 5.10 Å². The molecule has 1 aromatic carbocycles. The number of benzene rings is 1. The number of fused-ring (bicyclic) bond motifs is 1. The largest absolute Gasteiger partial charge is 0.227 e. The van der Waals surface area contributed by atoms with Crippen LogP contribution in [0.15, 0.2) is 41.4 Å².